The average Bonchev–Trinajstić information content (AvgIpc) is 2.58. The SMILES string of the molecule is CCCCCCCCCCCCc1c(O)ccc(C)c1CCCC. The van der Waals surface area contributed by atoms with Gasteiger partial charge in [0.05, 0.1) is 0 Å². The van der Waals surface area contributed by atoms with Crippen molar-refractivity contribution in [3.63, 3.8) is 0 Å². The van der Waals surface area contributed by atoms with Crippen molar-refractivity contribution in [2.24, 2.45) is 0 Å². The number of aromatic hydroxyl groups is 1. The first-order valence-electron chi connectivity index (χ1n) is 10.5. The fraction of sp³-hybridized carbons (Fsp3) is 0.739. The fourth-order valence-electron chi connectivity index (χ4n) is 3.57. The molecule has 0 aliphatic carbocycles. The predicted molar refractivity (Wildman–Crippen MR) is 107 cm³/mol. The van der Waals surface area contributed by atoms with Crippen LogP contribution in [0.4, 0.5) is 0 Å². The molecular formula is C23H40O. The molecule has 0 aromatic heterocycles. The van der Waals surface area contributed by atoms with Gasteiger partial charge >= 0.3 is 0 Å². The minimum atomic E-state index is 0.516. The normalized spacial score (nSPS) is 11.1. The first-order valence-corrected chi connectivity index (χ1v) is 10.5. The van der Waals surface area contributed by atoms with Crippen LogP contribution in [0.15, 0.2) is 12.1 Å². The first-order chi connectivity index (χ1) is 11.7. The Morgan fingerprint density at radius 2 is 1.12 bits per heavy atom. The van der Waals surface area contributed by atoms with Crippen molar-refractivity contribution in [1.29, 1.82) is 0 Å². The molecule has 0 aliphatic rings. The van der Waals surface area contributed by atoms with E-state index in [-0.39, 0.29) is 0 Å². The van der Waals surface area contributed by atoms with Gasteiger partial charge < -0.3 is 5.11 Å². The lowest BCUT2D eigenvalue weighted by atomic mass is 9.92. The van der Waals surface area contributed by atoms with E-state index < -0.39 is 0 Å². The number of hydrogen-bond acceptors (Lipinski definition) is 1. The number of phenols is 1. The maximum atomic E-state index is 10.3. The highest BCUT2D eigenvalue weighted by Gasteiger charge is 2.10. The zero-order chi connectivity index (χ0) is 17.6. The van der Waals surface area contributed by atoms with Crippen molar-refractivity contribution in [3.05, 3.63) is 28.8 Å². The molecule has 1 nitrogen and oxygen atoms in total. The largest absolute Gasteiger partial charge is 0.508 e. The van der Waals surface area contributed by atoms with Crippen molar-refractivity contribution in [3.8, 4) is 5.75 Å². The quantitative estimate of drug-likeness (QED) is 0.349. The topological polar surface area (TPSA) is 20.2 Å². The van der Waals surface area contributed by atoms with Gasteiger partial charge in [0.25, 0.3) is 0 Å². The molecule has 1 rings (SSSR count). The van der Waals surface area contributed by atoms with Crippen molar-refractivity contribution in [2.75, 3.05) is 0 Å². The second-order valence-corrected chi connectivity index (χ2v) is 7.39. The summed E-state index contributed by atoms with van der Waals surface area (Å²) in [4.78, 5) is 0. The third-order valence-corrected chi connectivity index (χ3v) is 5.20. The predicted octanol–water partition coefficient (Wildman–Crippen LogP) is 7.51. The van der Waals surface area contributed by atoms with Gasteiger partial charge in [0.2, 0.25) is 0 Å². The van der Waals surface area contributed by atoms with Gasteiger partial charge in [-0.1, -0.05) is 84.1 Å². The van der Waals surface area contributed by atoms with Crippen LogP contribution in [0.2, 0.25) is 0 Å². The maximum absolute atomic E-state index is 10.3. The molecule has 0 aliphatic heterocycles. The number of aryl methyl sites for hydroxylation is 1. The summed E-state index contributed by atoms with van der Waals surface area (Å²) in [6.45, 7) is 6.70. The van der Waals surface area contributed by atoms with Gasteiger partial charge in [-0.3, -0.25) is 0 Å². The molecular weight excluding hydrogens is 292 g/mol. The minimum Gasteiger partial charge on any atom is -0.508 e. The van der Waals surface area contributed by atoms with Gasteiger partial charge in [0.15, 0.2) is 0 Å². The molecule has 0 bridgehead atoms. The molecule has 1 aromatic carbocycles. The molecule has 0 atom stereocenters. The Kier molecular flexibility index (Phi) is 11.7. The van der Waals surface area contributed by atoms with E-state index in [4.69, 9.17) is 0 Å². The van der Waals surface area contributed by atoms with Crippen LogP contribution in [0, 0.1) is 6.92 Å². The molecule has 138 valence electrons. The zero-order valence-corrected chi connectivity index (χ0v) is 16.5. The van der Waals surface area contributed by atoms with Crippen molar-refractivity contribution in [1.82, 2.24) is 0 Å². The zero-order valence-electron chi connectivity index (χ0n) is 16.5. The van der Waals surface area contributed by atoms with E-state index in [0.29, 0.717) is 5.75 Å². The molecule has 0 radical (unpaired) electrons. The van der Waals surface area contributed by atoms with Crippen molar-refractivity contribution >= 4 is 0 Å². The Hall–Kier alpha value is -0.980. The lowest BCUT2D eigenvalue weighted by molar-refractivity contribution is 0.464. The molecule has 1 aromatic rings. The van der Waals surface area contributed by atoms with E-state index in [2.05, 4.69) is 26.8 Å². The smallest absolute Gasteiger partial charge is 0.119 e. The third kappa shape index (κ3) is 8.22. The molecule has 0 unspecified atom stereocenters. The van der Waals surface area contributed by atoms with E-state index in [1.807, 2.05) is 6.07 Å². The van der Waals surface area contributed by atoms with Crippen LogP contribution in [0.3, 0.4) is 0 Å². The molecule has 0 saturated carbocycles. The van der Waals surface area contributed by atoms with E-state index in [0.717, 1.165) is 12.8 Å². The highest BCUT2D eigenvalue weighted by atomic mass is 16.3. The van der Waals surface area contributed by atoms with Gasteiger partial charge in [-0.15, -0.1) is 0 Å². The monoisotopic (exact) mass is 332 g/mol. The van der Waals surface area contributed by atoms with Crippen LogP contribution in [-0.2, 0) is 12.8 Å². The summed E-state index contributed by atoms with van der Waals surface area (Å²) in [6, 6.07) is 3.96. The van der Waals surface area contributed by atoms with Crippen LogP contribution >= 0.6 is 0 Å². The van der Waals surface area contributed by atoms with Crippen LogP contribution in [-0.4, -0.2) is 5.11 Å². The molecule has 0 fully saturated rings. The summed E-state index contributed by atoms with van der Waals surface area (Å²) in [7, 11) is 0. The van der Waals surface area contributed by atoms with E-state index in [9.17, 15) is 5.11 Å². The number of rotatable bonds is 14. The van der Waals surface area contributed by atoms with E-state index in [1.54, 1.807) is 0 Å². The number of phenolic OH excluding ortho intramolecular Hbond substituents is 1. The summed E-state index contributed by atoms with van der Waals surface area (Å²) in [5, 5.41) is 10.3. The minimum absolute atomic E-state index is 0.516. The second-order valence-electron chi connectivity index (χ2n) is 7.39. The van der Waals surface area contributed by atoms with Gasteiger partial charge in [-0.05, 0) is 55.4 Å². The van der Waals surface area contributed by atoms with E-state index >= 15 is 0 Å². The van der Waals surface area contributed by atoms with Gasteiger partial charge in [0, 0.05) is 0 Å². The Morgan fingerprint density at radius 3 is 1.71 bits per heavy atom. The van der Waals surface area contributed by atoms with E-state index in [1.165, 1.54) is 93.7 Å². The summed E-state index contributed by atoms with van der Waals surface area (Å²) >= 11 is 0. The van der Waals surface area contributed by atoms with Crippen LogP contribution in [0.1, 0.15) is 108 Å². The summed E-state index contributed by atoms with van der Waals surface area (Å²) < 4.78 is 0. The molecule has 0 amide bonds. The van der Waals surface area contributed by atoms with Crippen LogP contribution in [0.5, 0.6) is 5.75 Å². The van der Waals surface area contributed by atoms with Gasteiger partial charge in [0.1, 0.15) is 5.75 Å². The third-order valence-electron chi connectivity index (χ3n) is 5.20. The number of unbranched alkanes of at least 4 members (excludes halogenated alkanes) is 10. The maximum Gasteiger partial charge on any atom is 0.119 e. The number of hydrogen-bond donors (Lipinski definition) is 1. The Balaban J connectivity index is 2.26. The standard InChI is InChI=1S/C23H40O/c1-4-6-8-9-10-11-12-13-14-15-17-22-21(16-7-5-2)20(3)18-19-23(22)24/h18-19,24H,4-17H2,1-3H3. The molecule has 0 saturated heterocycles. The average molecular weight is 333 g/mol. The summed E-state index contributed by atoms with van der Waals surface area (Å²) in [5.41, 5.74) is 3.99. The Morgan fingerprint density at radius 1 is 0.625 bits per heavy atom. The van der Waals surface area contributed by atoms with Crippen LogP contribution in [0.25, 0.3) is 0 Å². The fourth-order valence-corrected chi connectivity index (χ4v) is 3.57. The highest BCUT2D eigenvalue weighted by molar-refractivity contribution is 5.44. The molecule has 1 N–H and O–H groups in total. The molecule has 0 heterocycles. The Bertz CT molecular complexity index is 436. The lowest BCUT2D eigenvalue weighted by Crippen LogP contribution is -1.99. The van der Waals surface area contributed by atoms with Crippen molar-refractivity contribution in [2.45, 2.75) is 111 Å². The molecule has 24 heavy (non-hydrogen) atoms. The summed E-state index contributed by atoms with van der Waals surface area (Å²) in [6.07, 6.45) is 18.2. The number of benzene rings is 1. The Labute approximate surface area is 150 Å². The first kappa shape index (κ1) is 21.1. The van der Waals surface area contributed by atoms with Gasteiger partial charge in [-0.25, -0.2) is 0 Å². The highest BCUT2D eigenvalue weighted by Crippen LogP contribution is 2.28. The van der Waals surface area contributed by atoms with Gasteiger partial charge in [-0.2, -0.15) is 0 Å². The summed E-state index contributed by atoms with van der Waals surface area (Å²) in [5.74, 6) is 0.516. The second kappa shape index (κ2) is 13.3. The lowest BCUT2D eigenvalue weighted by Gasteiger charge is -2.14. The van der Waals surface area contributed by atoms with Crippen molar-refractivity contribution < 1.29 is 5.11 Å². The molecule has 1 heteroatoms. The van der Waals surface area contributed by atoms with Crippen LogP contribution < -0.4 is 0 Å². The molecule has 0 spiro atoms.